The molecule has 0 radical (unpaired) electrons. The Bertz CT molecular complexity index is 497. The first-order valence-corrected chi connectivity index (χ1v) is 5.85. The Hall–Kier alpha value is -2.64. The number of rotatable bonds is 7. The van der Waals surface area contributed by atoms with Gasteiger partial charge in [-0.05, 0) is 19.1 Å². The molecule has 1 aromatic rings. The molecule has 8 heteroatoms. The Kier molecular flexibility index (Phi) is 5.45. The van der Waals surface area contributed by atoms with Gasteiger partial charge in [0, 0.05) is 6.20 Å². The van der Waals surface area contributed by atoms with Gasteiger partial charge in [0.25, 0.3) is 5.91 Å². The molecule has 0 aliphatic heterocycles. The van der Waals surface area contributed by atoms with E-state index in [4.69, 9.17) is 5.11 Å². The highest BCUT2D eigenvalue weighted by molar-refractivity contribution is 5.96. The summed E-state index contributed by atoms with van der Waals surface area (Å²) in [6.45, 7) is 1.43. The number of carboxylic acids is 1. The fraction of sp³-hybridized carbons (Fsp3) is 0.333. The smallest absolute Gasteiger partial charge is 0.305 e. The molecule has 0 saturated heterocycles. The number of aromatic nitrogens is 1. The van der Waals surface area contributed by atoms with Crippen molar-refractivity contribution >= 4 is 24.1 Å². The summed E-state index contributed by atoms with van der Waals surface area (Å²) in [4.78, 5) is 47.2. The van der Waals surface area contributed by atoms with Crippen molar-refractivity contribution < 1.29 is 24.3 Å². The lowest BCUT2D eigenvalue weighted by atomic mass is 10.2. The van der Waals surface area contributed by atoms with Crippen LogP contribution in [-0.2, 0) is 14.4 Å². The number of aliphatic carboxylic acids is 1. The lowest BCUT2D eigenvalue weighted by molar-refractivity contribution is -0.138. The summed E-state index contributed by atoms with van der Waals surface area (Å²) in [5, 5.41) is 13.2. The van der Waals surface area contributed by atoms with Gasteiger partial charge in [-0.1, -0.05) is 0 Å². The normalized spacial score (nSPS) is 13.1. The second-order valence-electron chi connectivity index (χ2n) is 4.13. The SMILES string of the molecule is CC(NC(=O)c1ccc[nH]1)C(=O)N[C@H](C=O)CC(=O)O. The van der Waals surface area contributed by atoms with E-state index in [0.717, 1.165) is 0 Å². The Morgan fingerprint density at radius 2 is 2.10 bits per heavy atom. The quantitative estimate of drug-likeness (QED) is 0.491. The van der Waals surface area contributed by atoms with Crippen molar-refractivity contribution in [1.29, 1.82) is 0 Å². The van der Waals surface area contributed by atoms with Gasteiger partial charge in [-0.3, -0.25) is 14.4 Å². The second-order valence-corrected chi connectivity index (χ2v) is 4.13. The molecule has 0 aromatic carbocycles. The topological polar surface area (TPSA) is 128 Å². The van der Waals surface area contributed by atoms with Crippen molar-refractivity contribution in [2.75, 3.05) is 0 Å². The maximum absolute atomic E-state index is 11.7. The van der Waals surface area contributed by atoms with E-state index in [1.807, 2.05) is 0 Å². The Morgan fingerprint density at radius 3 is 2.60 bits per heavy atom. The highest BCUT2D eigenvalue weighted by Gasteiger charge is 2.21. The highest BCUT2D eigenvalue weighted by atomic mass is 16.4. The zero-order valence-electron chi connectivity index (χ0n) is 10.8. The fourth-order valence-electron chi connectivity index (χ4n) is 1.44. The zero-order chi connectivity index (χ0) is 15.1. The van der Waals surface area contributed by atoms with E-state index >= 15 is 0 Å². The minimum atomic E-state index is -1.20. The van der Waals surface area contributed by atoms with Gasteiger partial charge in [0.05, 0.1) is 12.5 Å². The Morgan fingerprint density at radius 1 is 1.40 bits per heavy atom. The van der Waals surface area contributed by atoms with Gasteiger partial charge >= 0.3 is 5.97 Å². The monoisotopic (exact) mass is 281 g/mol. The summed E-state index contributed by atoms with van der Waals surface area (Å²) in [6, 6.07) is 1.15. The molecule has 1 rings (SSSR count). The third-order valence-electron chi connectivity index (χ3n) is 2.47. The van der Waals surface area contributed by atoms with Crippen molar-refractivity contribution in [3.63, 3.8) is 0 Å². The summed E-state index contributed by atoms with van der Waals surface area (Å²) in [6.07, 6.45) is 1.40. The molecule has 20 heavy (non-hydrogen) atoms. The van der Waals surface area contributed by atoms with Crippen molar-refractivity contribution in [1.82, 2.24) is 15.6 Å². The number of aromatic amines is 1. The largest absolute Gasteiger partial charge is 0.481 e. The number of aldehydes is 1. The molecule has 2 atom stereocenters. The third-order valence-corrected chi connectivity index (χ3v) is 2.47. The van der Waals surface area contributed by atoms with Crippen LogP contribution in [0.1, 0.15) is 23.8 Å². The Labute approximate surface area is 114 Å². The molecule has 1 unspecified atom stereocenters. The zero-order valence-corrected chi connectivity index (χ0v) is 10.8. The van der Waals surface area contributed by atoms with Gasteiger partial charge in [0.2, 0.25) is 5.91 Å². The molecule has 108 valence electrons. The van der Waals surface area contributed by atoms with Crippen molar-refractivity contribution in [3.8, 4) is 0 Å². The number of amides is 2. The van der Waals surface area contributed by atoms with Crippen LogP contribution < -0.4 is 10.6 Å². The summed E-state index contributed by atoms with van der Waals surface area (Å²) < 4.78 is 0. The molecule has 2 amide bonds. The first kappa shape index (κ1) is 15.4. The number of nitrogens with one attached hydrogen (secondary N) is 3. The van der Waals surface area contributed by atoms with Crippen LogP contribution in [0.2, 0.25) is 0 Å². The standard InChI is InChI=1S/C12H15N3O5/c1-7(14-12(20)9-3-2-4-13-9)11(19)15-8(6-16)5-10(17)18/h2-4,6-8,13H,5H2,1H3,(H,14,20)(H,15,19)(H,17,18)/t7?,8-/m0/s1. The molecule has 4 N–H and O–H groups in total. The van der Waals surface area contributed by atoms with Crippen molar-refractivity contribution in [3.05, 3.63) is 24.0 Å². The van der Waals surface area contributed by atoms with Crippen LogP contribution in [0.4, 0.5) is 0 Å². The van der Waals surface area contributed by atoms with Gasteiger partial charge in [-0.25, -0.2) is 0 Å². The van der Waals surface area contributed by atoms with E-state index in [0.29, 0.717) is 12.0 Å². The summed E-state index contributed by atoms with van der Waals surface area (Å²) in [5.74, 6) is -2.31. The van der Waals surface area contributed by atoms with Gasteiger partial charge < -0.3 is 25.5 Å². The third kappa shape index (κ3) is 4.56. The average Bonchev–Trinajstić information content (AvgIpc) is 2.90. The lowest BCUT2D eigenvalue weighted by Gasteiger charge is -2.16. The maximum atomic E-state index is 11.7. The van der Waals surface area contributed by atoms with Crippen LogP contribution in [0, 0.1) is 0 Å². The number of carbonyl (C=O) groups excluding carboxylic acids is 3. The van der Waals surface area contributed by atoms with Crippen LogP contribution in [0.3, 0.4) is 0 Å². The summed E-state index contributed by atoms with van der Waals surface area (Å²) in [7, 11) is 0. The molecule has 0 aliphatic rings. The molecule has 0 saturated carbocycles. The van der Waals surface area contributed by atoms with Crippen molar-refractivity contribution in [2.24, 2.45) is 0 Å². The number of H-pyrrole nitrogens is 1. The van der Waals surface area contributed by atoms with E-state index in [2.05, 4.69) is 15.6 Å². The van der Waals surface area contributed by atoms with E-state index in [1.165, 1.54) is 6.92 Å². The molecular weight excluding hydrogens is 266 g/mol. The van der Waals surface area contributed by atoms with Gasteiger partial charge in [0.1, 0.15) is 18.0 Å². The number of hydrogen-bond donors (Lipinski definition) is 4. The lowest BCUT2D eigenvalue weighted by Crippen LogP contribution is -2.49. The summed E-state index contributed by atoms with van der Waals surface area (Å²) >= 11 is 0. The number of hydrogen-bond acceptors (Lipinski definition) is 4. The summed E-state index contributed by atoms with van der Waals surface area (Å²) in [5.41, 5.74) is 0.294. The van der Waals surface area contributed by atoms with Gasteiger partial charge in [-0.15, -0.1) is 0 Å². The Balaban J connectivity index is 2.52. The maximum Gasteiger partial charge on any atom is 0.305 e. The molecule has 0 bridgehead atoms. The van der Waals surface area contributed by atoms with Crippen LogP contribution in [-0.4, -0.2) is 46.2 Å². The fourth-order valence-corrected chi connectivity index (χ4v) is 1.44. The predicted molar refractivity (Wildman–Crippen MR) is 68.0 cm³/mol. The van der Waals surface area contributed by atoms with Crippen LogP contribution in [0.15, 0.2) is 18.3 Å². The number of carboxylic acid groups (broad SMARTS) is 1. The van der Waals surface area contributed by atoms with Crippen LogP contribution in [0.25, 0.3) is 0 Å². The predicted octanol–water partition coefficient (Wildman–Crippen LogP) is -0.709. The van der Waals surface area contributed by atoms with Crippen LogP contribution >= 0.6 is 0 Å². The molecule has 8 nitrogen and oxygen atoms in total. The molecule has 0 spiro atoms. The number of carbonyl (C=O) groups is 4. The molecular formula is C12H15N3O5. The molecule has 0 aliphatic carbocycles. The van der Waals surface area contributed by atoms with Gasteiger partial charge in [-0.2, -0.15) is 0 Å². The van der Waals surface area contributed by atoms with E-state index in [1.54, 1.807) is 18.3 Å². The van der Waals surface area contributed by atoms with Crippen LogP contribution in [0.5, 0.6) is 0 Å². The van der Waals surface area contributed by atoms with E-state index in [9.17, 15) is 19.2 Å². The molecule has 1 aromatic heterocycles. The highest BCUT2D eigenvalue weighted by Crippen LogP contribution is 1.96. The van der Waals surface area contributed by atoms with Gasteiger partial charge in [0.15, 0.2) is 0 Å². The molecule has 0 fully saturated rings. The van der Waals surface area contributed by atoms with E-state index in [-0.39, 0.29) is 0 Å². The van der Waals surface area contributed by atoms with E-state index < -0.39 is 36.3 Å². The second kappa shape index (κ2) is 7.07. The van der Waals surface area contributed by atoms with Crippen molar-refractivity contribution in [2.45, 2.75) is 25.4 Å². The average molecular weight is 281 g/mol. The minimum absolute atomic E-state index is 0.294. The first-order chi connectivity index (χ1) is 9.43. The molecule has 1 heterocycles. The first-order valence-electron chi connectivity index (χ1n) is 5.85. The minimum Gasteiger partial charge on any atom is -0.481 e.